The van der Waals surface area contributed by atoms with E-state index in [1.807, 2.05) is 13.8 Å². The van der Waals surface area contributed by atoms with Gasteiger partial charge in [0.2, 0.25) is 5.91 Å². The molecule has 0 aliphatic heterocycles. The number of amides is 1. The molecule has 0 aromatic carbocycles. The summed E-state index contributed by atoms with van der Waals surface area (Å²) in [6.07, 6.45) is 0. The fourth-order valence-corrected chi connectivity index (χ4v) is 2.13. The molecule has 7 nitrogen and oxygen atoms in total. The van der Waals surface area contributed by atoms with Crippen LogP contribution in [-0.4, -0.2) is 52.4 Å². The fourth-order valence-electron chi connectivity index (χ4n) is 1.46. The lowest BCUT2D eigenvalue weighted by Crippen LogP contribution is -2.33. The third-order valence-electron chi connectivity index (χ3n) is 2.37. The summed E-state index contributed by atoms with van der Waals surface area (Å²) in [5.41, 5.74) is 0.914. The van der Waals surface area contributed by atoms with E-state index < -0.39 is 5.97 Å². The molecular formula is C13H19N3O4S. The van der Waals surface area contributed by atoms with E-state index in [2.05, 4.69) is 16.8 Å². The molecule has 0 saturated heterocycles. The van der Waals surface area contributed by atoms with E-state index in [-0.39, 0.29) is 29.4 Å². The minimum absolute atomic E-state index is 0.0543. The lowest BCUT2D eigenvalue weighted by Gasteiger charge is -2.20. The molecule has 21 heavy (non-hydrogen) atoms. The average Bonchev–Trinajstić information content (AvgIpc) is 2.91. The van der Waals surface area contributed by atoms with Gasteiger partial charge in [0.15, 0.2) is 0 Å². The Kier molecular flexibility index (Phi) is 6.93. The van der Waals surface area contributed by atoms with Crippen LogP contribution >= 0.6 is 11.8 Å². The molecule has 0 aliphatic rings. The average molecular weight is 313 g/mol. The lowest BCUT2D eigenvalue weighted by molar-refractivity contribution is -0.127. The van der Waals surface area contributed by atoms with Gasteiger partial charge in [-0.2, -0.15) is 0 Å². The van der Waals surface area contributed by atoms with E-state index in [1.54, 1.807) is 11.8 Å². The zero-order valence-corrected chi connectivity index (χ0v) is 13.2. The largest absolute Gasteiger partial charge is 0.459 e. The summed E-state index contributed by atoms with van der Waals surface area (Å²) in [6.45, 7) is 10.6. The smallest absolute Gasteiger partial charge is 0.396 e. The molecule has 0 N–H and O–H groups in total. The van der Waals surface area contributed by atoms with Crippen molar-refractivity contribution in [2.75, 3.05) is 25.4 Å². The number of likely N-dealkylation sites (N-methyl/N-ethyl adjacent to an activating group) is 1. The molecule has 116 valence electrons. The van der Waals surface area contributed by atoms with Crippen LogP contribution in [0.5, 0.6) is 0 Å². The fraction of sp³-hybridized carbons (Fsp3) is 0.538. The van der Waals surface area contributed by atoms with Gasteiger partial charge in [-0.15, -0.1) is 5.10 Å². The third-order valence-corrected chi connectivity index (χ3v) is 3.17. The summed E-state index contributed by atoms with van der Waals surface area (Å²) < 4.78 is 9.86. The zero-order valence-electron chi connectivity index (χ0n) is 12.4. The first kappa shape index (κ1) is 17.2. The second-order valence-corrected chi connectivity index (χ2v) is 5.17. The summed E-state index contributed by atoms with van der Waals surface area (Å²) in [5.74, 6) is -0.769. The number of esters is 1. The van der Waals surface area contributed by atoms with Crippen LogP contribution in [0, 0.1) is 0 Å². The van der Waals surface area contributed by atoms with Crippen molar-refractivity contribution in [1.29, 1.82) is 0 Å². The topological polar surface area (TPSA) is 85.5 Å². The summed E-state index contributed by atoms with van der Waals surface area (Å²) in [4.78, 5) is 25.0. The Morgan fingerprint density at radius 2 is 2.10 bits per heavy atom. The van der Waals surface area contributed by atoms with E-state index in [9.17, 15) is 9.59 Å². The first-order valence-electron chi connectivity index (χ1n) is 6.53. The van der Waals surface area contributed by atoms with Crippen molar-refractivity contribution >= 4 is 23.6 Å². The summed E-state index contributed by atoms with van der Waals surface area (Å²) in [7, 11) is 0. The molecule has 1 rings (SSSR count). The minimum atomic E-state index is -0.666. The van der Waals surface area contributed by atoms with Crippen molar-refractivity contribution in [2.24, 2.45) is 0 Å². The molecule has 1 aromatic rings. The molecule has 0 radical (unpaired) electrons. The standard InChI is InChI=1S/C13H19N3O4S/c1-5-16(7-9(3)4)10(17)8-21-13-15-14-11(20-13)12(18)19-6-2/h3,5-8H2,1-2,4H3. The predicted octanol–water partition coefficient (Wildman–Crippen LogP) is 1.76. The Bertz CT molecular complexity index is 515. The van der Waals surface area contributed by atoms with Crippen molar-refractivity contribution in [2.45, 2.75) is 26.0 Å². The van der Waals surface area contributed by atoms with Gasteiger partial charge in [0.1, 0.15) is 0 Å². The second kappa shape index (κ2) is 8.46. The number of hydrogen-bond donors (Lipinski definition) is 0. The van der Waals surface area contributed by atoms with Crippen LogP contribution in [0.25, 0.3) is 0 Å². The highest BCUT2D eigenvalue weighted by molar-refractivity contribution is 7.99. The van der Waals surface area contributed by atoms with Gasteiger partial charge in [-0.3, -0.25) is 4.79 Å². The maximum Gasteiger partial charge on any atom is 0.396 e. The monoisotopic (exact) mass is 313 g/mol. The van der Waals surface area contributed by atoms with Crippen LogP contribution in [-0.2, 0) is 9.53 Å². The number of aromatic nitrogens is 2. The molecule has 0 aliphatic carbocycles. The van der Waals surface area contributed by atoms with Gasteiger partial charge < -0.3 is 14.1 Å². The first-order chi connectivity index (χ1) is 9.97. The summed E-state index contributed by atoms with van der Waals surface area (Å²) >= 11 is 1.09. The molecule has 0 fully saturated rings. The van der Waals surface area contributed by atoms with Gasteiger partial charge in [-0.1, -0.05) is 29.0 Å². The Labute approximate surface area is 127 Å². The summed E-state index contributed by atoms with van der Waals surface area (Å²) in [6, 6.07) is 0. The first-order valence-corrected chi connectivity index (χ1v) is 7.52. The van der Waals surface area contributed by atoms with Crippen molar-refractivity contribution in [1.82, 2.24) is 15.1 Å². The molecule has 8 heteroatoms. The van der Waals surface area contributed by atoms with Crippen LogP contribution < -0.4 is 0 Å². The molecule has 1 amide bonds. The van der Waals surface area contributed by atoms with Crippen molar-refractivity contribution in [3.63, 3.8) is 0 Å². The van der Waals surface area contributed by atoms with Crippen LogP contribution in [0.15, 0.2) is 21.8 Å². The number of rotatable bonds is 8. The van der Waals surface area contributed by atoms with Gasteiger partial charge in [0, 0.05) is 13.1 Å². The number of carbonyl (C=O) groups excluding carboxylic acids is 2. The molecular weight excluding hydrogens is 294 g/mol. The van der Waals surface area contributed by atoms with Crippen LogP contribution in [0.4, 0.5) is 0 Å². The number of carbonyl (C=O) groups is 2. The van der Waals surface area contributed by atoms with Crippen LogP contribution in [0.1, 0.15) is 31.5 Å². The van der Waals surface area contributed by atoms with Crippen LogP contribution in [0.3, 0.4) is 0 Å². The minimum Gasteiger partial charge on any atom is -0.459 e. The number of hydrogen-bond acceptors (Lipinski definition) is 7. The second-order valence-electron chi connectivity index (χ2n) is 4.25. The van der Waals surface area contributed by atoms with Gasteiger partial charge in [-0.25, -0.2) is 4.79 Å². The maximum absolute atomic E-state index is 12.0. The highest BCUT2D eigenvalue weighted by Gasteiger charge is 2.18. The third kappa shape index (κ3) is 5.58. The molecule has 0 saturated carbocycles. The number of thioether (sulfide) groups is 1. The quantitative estimate of drug-likeness (QED) is 0.410. The predicted molar refractivity (Wildman–Crippen MR) is 78.0 cm³/mol. The Morgan fingerprint density at radius 1 is 1.38 bits per heavy atom. The van der Waals surface area contributed by atoms with Gasteiger partial charge in [0.25, 0.3) is 5.22 Å². The normalized spacial score (nSPS) is 10.2. The molecule has 0 atom stereocenters. The zero-order chi connectivity index (χ0) is 15.8. The highest BCUT2D eigenvalue weighted by atomic mass is 32.2. The molecule has 0 bridgehead atoms. The number of nitrogens with zero attached hydrogens (tertiary/aromatic N) is 3. The van der Waals surface area contributed by atoms with Crippen LogP contribution in [0.2, 0.25) is 0 Å². The SMILES string of the molecule is C=C(C)CN(CC)C(=O)CSc1nnc(C(=O)OCC)o1. The maximum atomic E-state index is 12.0. The van der Waals surface area contributed by atoms with Gasteiger partial charge in [-0.05, 0) is 20.8 Å². The van der Waals surface area contributed by atoms with E-state index >= 15 is 0 Å². The Morgan fingerprint density at radius 3 is 2.67 bits per heavy atom. The molecule has 0 unspecified atom stereocenters. The Balaban J connectivity index is 2.53. The van der Waals surface area contributed by atoms with Gasteiger partial charge >= 0.3 is 11.9 Å². The summed E-state index contributed by atoms with van der Waals surface area (Å²) in [5, 5.41) is 7.43. The Hall–Kier alpha value is -1.83. The van der Waals surface area contributed by atoms with E-state index in [0.717, 1.165) is 17.3 Å². The lowest BCUT2D eigenvalue weighted by atomic mass is 10.3. The number of ether oxygens (including phenoxy) is 1. The highest BCUT2D eigenvalue weighted by Crippen LogP contribution is 2.17. The van der Waals surface area contributed by atoms with Crippen molar-refractivity contribution in [3.05, 3.63) is 18.0 Å². The van der Waals surface area contributed by atoms with E-state index in [1.165, 1.54) is 0 Å². The van der Waals surface area contributed by atoms with Gasteiger partial charge in [0.05, 0.1) is 12.4 Å². The van der Waals surface area contributed by atoms with Crippen molar-refractivity contribution < 1.29 is 18.7 Å². The van der Waals surface area contributed by atoms with E-state index in [0.29, 0.717) is 13.1 Å². The van der Waals surface area contributed by atoms with Crippen molar-refractivity contribution in [3.8, 4) is 0 Å². The molecule has 1 aromatic heterocycles. The van der Waals surface area contributed by atoms with E-state index in [4.69, 9.17) is 9.15 Å². The molecule has 0 spiro atoms. The molecule has 1 heterocycles.